The minimum absolute atomic E-state index is 0.167. The van der Waals surface area contributed by atoms with Gasteiger partial charge in [0.15, 0.2) is 21.3 Å². The summed E-state index contributed by atoms with van der Waals surface area (Å²) in [6.07, 6.45) is 3.96. The van der Waals surface area contributed by atoms with Gasteiger partial charge in [0.2, 0.25) is 5.95 Å². The van der Waals surface area contributed by atoms with Gasteiger partial charge in [-0.1, -0.05) is 6.07 Å². The Bertz CT molecular complexity index is 1130. The third-order valence-electron chi connectivity index (χ3n) is 3.85. The first-order valence-corrected chi connectivity index (χ1v) is 11.0. The largest absolute Gasteiger partial charge is 0.486 e. The highest BCUT2D eigenvalue weighted by Crippen LogP contribution is 2.36. The molecule has 30 heavy (non-hydrogen) atoms. The fraction of sp³-hybridized carbons (Fsp3) is 0.190. The van der Waals surface area contributed by atoms with Crippen LogP contribution in [0.1, 0.15) is 24.2 Å². The second-order valence-electron chi connectivity index (χ2n) is 6.67. The standard InChI is InChI=1S/C21H21N3O5S/c1-14(2)28-19-17(20(25)24-21-22-12-5-13-23-21)6-4-7-18(19)29-15-8-10-16(11-9-15)30(3,26)27/h4-14H,1-3H3,(H,22,23,24,25). The molecule has 0 unspecified atom stereocenters. The molecule has 0 bridgehead atoms. The number of ether oxygens (including phenoxy) is 2. The summed E-state index contributed by atoms with van der Waals surface area (Å²) in [6, 6.07) is 12.6. The number of carbonyl (C=O) groups is 1. The van der Waals surface area contributed by atoms with Crippen LogP contribution in [0, 0.1) is 0 Å². The van der Waals surface area contributed by atoms with Gasteiger partial charge in [-0.3, -0.25) is 10.1 Å². The van der Waals surface area contributed by atoms with Crippen LogP contribution in [0.3, 0.4) is 0 Å². The fourth-order valence-electron chi connectivity index (χ4n) is 2.55. The van der Waals surface area contributed by atoms with E-state index in [-0.39, 0.29) is 28.3 Å². The first-order chi connectivity index (χ1) is 14.2. The zero-order valence-corrected chi connectivity index (χ0v) is 17.5. The summed E-state index contributed by atoms with van der Waals surface area (Å²) in [7, 11) is -3.31. The highest BCUT2D eigenvalue weighted by molar-refractivity contribution is 7.90. The van der Waals surface area contributed by atoms with E-state index in [9.17, 15) is 13.2 Å². The predicted molar refractivity (Wildman–Crippen MR) is 112 cm³/mol. The van der Waals surface area contributed by atoms with Crippen LogP contribution in [0.2, 0.25) is 0 Å². The Balaban J connectivity index is 1.92. The van der Waals surface area contributed by atoms with Gasteiger partial charge in [0.25, 0.3) is 5.91 Å². The summed E-state index contributed by atoms with van der Waals surface area (Å²) >= 11 is 0. The van der Waals surface area contributed by atoms with Gasteiger partial charge >= 0.3 is 0 Å². The third kappa shape index (κ3) is 5.32. The average molecular weight is 427 g/mol. The lowest BCUT2D eigenvalue weighted by atomic mass is 10.1. The second-order valence-corrected chi connectivity index (χ2v) is 8.69. The van der Waals surface area contributed by atoms with E-state index >= 15 is 0 Å². The van der Waals surface area contributed by atoms with E-state index in [1.807, 2.05) is 13.8 Å². The highest BCUT2D eigenvalue weighted by atomic mass is 32.2. The van der Waals surface area contributed by atoms with Gasteiger partial charge in [-0.05, 0) is 56.3 Å². The monoisotopic (exact) mass is 427 g/mol. The van der Waals surface area contributed by atoms with Crippen molar-refractivity contribution >= 4 is 21.7 Å². The average Bonchev–Trinajstić information content (AvgIpc) is 2.69. The summed E-state index contributed by atoms with van der Waals surface area (Å²) in [5, 5.41) is 2.62. The maximum atomic E-state index is 12.8. The molecule has 1 N–H and O–H groups in total. The molecule has 3 aromatic rings. The molecule has 0 spiro atoms. The molecule has 2 aromatic carbocycles. The summed E-state index contributed by atoms with van der Waals surface area (Å²) in [6.45, 7) is 3.67. The first-order valence-electron chi connectivity index (χ1n) is 9.10. The summed E-state index contributed by atoms with van der Waals surface area (Å²) in [5.74, 6) is 0.695. The SMILES string of the molecule is CC(C)Oc1c(Oc2ccc(S(C)(=O)=O)cc2)cccc1C(=O)Nc1ncccn1. The molecule has 0 saturated heterocycles. The number of carbonyl (C=O) groups excluding carboxylic acids is 1. The normalized spacial score (nSPS) is 11.2. The maximum absolute atomic E-state index is 12.8. The zero-order valence-electron chi connectivity index (χ0n) is 16.7. The minimum Gasteiger partial charge on any atom is -0.486 e. The van der Waals surface area contributed by atoms with Crippen LogP contribution in [0.4, 0.5) is 5.95 Å². The van der Waals surface area contributed by atoms with Crippen molar-refractivity contribution in [1.82, 2.24) is 9.97 Å². The van der Waals surface area contributed by atoms with E-state index in [2.05, 4.69) is 15.3 Å². The van der Waals surface area contributed by atoms with E-state index < -0.39 is 15.7 Å². The van der Waals surface area contributed by atoms with E-state index in [4.69, 9.17) is 9.47 Å². The van der Waals surface area contributed by atoms with Crippen molar-refractivity contribution in [1.29, 1.82) is 0 Å². The number of benzene rings is 2. The number of hydrogen-bond donors (Lipinski definition) is 1. The number of aromatic nitrogens is 2. The quantitative estimate of drug-likeness (QED) is 0.612. The Kier molecular flexibility index (Phi) is 6.31. The molecule has 1 amide bonds. The van der Waals surface area contributed by atoms with Crippen molar-refractivity contribution in [3.8, 4) is 17.2 Å². The van der Waals surface area contributed by atoms with Crippen LogP contribution >= 0.6 is 0 Å². The molecular weight excluding hydrogens is 406 g/mol. The Morgan fingerprint density at radius 2 is 1.67 bits per heavy atom. The van der Waals surface area contributed by atoms with Crippen LogP contribution in [0.15, 0.2) is 65.8 Å². The maximum Gasteiger partial charge on any atom is 0.261 e. The molecule has 0 aliphatic carbocycles. The van der Waals surface area contributed by atoms with Gasteiger partial charge in [0.1, 0.15) is 5.75 Å². The van der Waals surface area contributed by atoms with Crippen LogP contribution in [-0.2, 0) is 9.84 Å². The Morgan fingerprint density at radius 3 is 2.27 bits per heavy atom. The van der Waals surface area contributed by atoms with Crippen molar-refractivity contribution in [2.24, 2.45) is 0 Å². The lowest BCUT2D eigenvalue weighted by Crippen LogP contribution is -2.17. The minimum atomic E-state index is -3.31. The molecule has 1 heterocycles. The molecular formula is C21H21N3O5S. The Labute approximate surface area is 174 Å². The Hall–Kier alpha value is -3.46. The molecule has 0 aliphatic rings. The fourth-order valence-corrected chi connectivity index (χ4v) is 3.18. The second kappa shape index (κ2) is 8.91. The van der Waals surface area contributed by atoms with Crippen LogP contribution in [0.25, 0.3) is 0 Å². The molecule has 0 radical (unpaired) electrons. The van der Waals surface area contributed by atoms with Crippen molar-refractivity contribution in [3.63, 3.8) is 0 Å². The topological polar surface area (TPSA) is 107 Å². The predicted octanol–water partition coefficient (Wildman–Crippen LogP) is 3.71. The number of sulfone groups is 1. The van der Waals surface area contributed by atoms with Gasteiger partial charge in [0.05, 0.1) is 16.6 Å². The number of para-hydroxylation sites is 1. The number of hydrogen-bond acceptors (Lipinski definition) is 7. The molecule has 0 atom stereocenters. The smallest absolute Gasteiger partial charge is 0.261 e. The lowest BCUT2D eigenvalue weighted by molar-refractivity contribution is 0.101. The lowest BCUT2D eigenvalue weighted by Gasteiger charge is -2.18. The van der Waals surface area contributed by atoms with Crippen LogP contribution < -0.4 is 14.8 Å². The van der Waals surface area contributed by atoms with E-state index in [1.54, 1.807) is 36.4 Å². The molecule has 0 fully saturated rings. The summed E-state index contributed by atoms with van der Waals surface area (Å²) in [4.78, 5) is 20.9. The number of amides is 1. The number of rotatable bonds is 7. The molecule has 9 heteroatoms. The molecule has 3 rings (SSSR count). The van der Waals surface area contributed by atoms with E-state index in [1.165, 1.54) is 24.5 Å². The molecule has 0 aliphatic heterocycles. The summed E-state index contributed by atoms with van der Waals surface area (Å²) in [5.41, 5.74) is 0.251. The van der Waals surface area contributed by atoms with Crippen molar-refractivity contribution in [3.05, 3.63) is 66.5 Å². The van der Waals surface area contributed by atoms with E-state index in [0.717, 1.165) is 6.26 Å². The van der Waals surface area contributed by atoms with Crippen LogP contribution in [-0.4, -0.2) is 36.7 Å². The zero-order chi connectivity index (χ0) is 21.7. The van der Waals surface area contributed by atoms with Gasteiger partial charge in [-0.25, -0.2) is 18.4 Å². The van der Waals surface area contributed by atoms with Gasteiger partial charge in [0, 0.05) is 18.6 Å². The molecule has 8 nitrogen and oxygen atoms in total. The first kappa shape index (κ1) is 21.3. The molecule has 156 valence electrons. The number of anilines is 1. The number of nitrogens with zero attached hydrogens (tertiary/aromatic N) is 2. The summed E-state index contributed by atoms with van der Waals surface area (Å²) < 4.78 is 35.0. The van der Waals surface area contributed by atoms with Gasteiger partial charge in [-0.2, -0.15) is 0 Å². The van der Waals surface area contributed by atoms with Gasteiger partial charge < -0.3 is 9.47 Å². The number of nitrogens with one attached hydrogen (secondary N) is 1. The third-order valence-corrected chi connectivity index (χ3v) is 4.98. The van der Waals surface area contributed by atoms with Crippen molar-refractivity contribution < 1.29 is 22.7 Å². The van der Waals surface area contributed by atoms with E-state index in [0.29, 0.717) is 11.5 Å². The Morgan fingerprint density at radius 1 is 1.00 bits per heavy atom. The highest BCUT2D eigenvalue weighted by Gasteiger charge is 2.20. The van der Waals surface area contributed by atoms with Crippen molar-refractivity contribution in [2.75, 3.05) is 11.6 Å². The molecule has 0 saturated carbocycles. The van der Waals surface area contributed by atoms with Crippen LogP contribution in [0.5, 0.6) is 17.2 Å². The van der Waals surface area contributed by atoms with Gasteiger partial charge in [-0.15, -0.1) is 0 Å². The molecule has 1 aromatic heterocycles. The van der Waals surface area contributed by atoms with Crippen molar-refractivity contribution in [2.45, 2.75) is 24.8 Å².